The van der Waals surface area contributed by atoms with E-state index in [1.54, 1.807) is 24.3 Å². The van der Waals surface area contributed by atoms with Crippen LogP contribution in [-0.4, -0.2) is 40.7 Å². The van der Waals surface area contributed by atoms with Crippen molar-refractivity contribution in [2.75, 3.05) is 5.75 Å². The van der Waals surface area contributed by atoms with Crippen molar-refractivity contribution in [1.82, 2.24) is 0 Å². The van der Waals surface area contributed by atoms with Crippen LogP contribution in [0.3, 0.4) is 0 Å². The SMILES string of the molecule is CC(=O)C1(C(C)=O)CC(C[Se]c2ccccc2)C(CS(=O)(=O)c2ccc(C)cc2)C1. The van der Waals surface area contributed by atoms with Gasteiger partial charge >= 0.3 is 186 Å². The zero-order valence-electron chi connectivity index (χ0n) is 17.6. The molecule has 2 unspecified atom stereocenters. The van der Waals surface area contributed by atoms with Crippen LogP contribution in [0.25, 0.3) is 0 Å². The normalized spacial score (nSPS) is 20.8. The van der Waals surface area contributed by atoms with Crippen LogP contribution >= 0.6 is 0 Å². The van der Waals surface area contributed by atoms with E-state index in [9.17, 15) is 18.0 Å². The second kappa shape index (κ2) is 9.17. The Morgan fingerprint density at radius 3 is 2.07 bits per heavy atom. The Morgan fingerprint density at radius 1 is 0.933 bits per heavy atom. The first-order valence-corrected chi connectivity index (χ1v) is 13.9. The Kier molecular flexibility index (Phi) is 7.01. The summed E-state index contributed by atoms with van der Waals surface area (Å²) in [6.07, 6.45) is 0.790. The molecule has 0 N–H and O–H groups in total. The molecule has 0 saturated heterocycles. The van der Waals surface area contributed by atoms with Crippen LogP contribution in [0.5, 0.6) is 0 Å². The summed E-state index contributed by atoms with van der Waals surface area (Å²) in [5.41, 5.74) is -0.0318. The van der Waals surface area contributed by atoms with Gasteiger partial charge in [-0.3, -0.25) is 0 Å². The van der Waals surface area contributed by atoms with E-state index in [0.29, 0.717) is 17.7 Å². The van der Waals surface area contributed by atoms with Gasteiger partial charge in [-0.2, -0.15) is 0 Å². The molecule has 0 aromatic heterocycles. The van der Waals surface area contributed by atoms with Gasteiger partial charge in [0, 0.05) is 0 Å². The van der Waals surface area contributed by atoms with Gasteiger partial charge < -0.3 is 0 Å². The number of Topliss-reactive ketones (excluding diaryl/α,β-unsaturated/α-hetero) is 2. The predicted octanol–water partition coefficient (Wildman–Crippen LogP) is 3.41. The fraction of sp³-hybridized carbons (Fsp3) is 0.417. The third-order valence-electron chi connectivity index (χ3n) is 6.26. The molecule has 30 heavy (non-hydrogen) atoms. The van der Waals surface area contributed by atoms with Crippen LogP contribution in [0.15, 0.2) is 59.5 Å². The van der Waals surface area contributed by atoms with E-state index in [4.69, 9.17) is 0 Å². The maximum absolute atomic E-state index is 13.1. The second-order valence-corrected chi connectivity index (χ2v) is 12.7. The zero-order chi connectivity index (χ0) is 21.9. The van der Waals surface area contributed by atoms with Gasteiger partial charge in [0.1, 0.15) is 0 Å². The zero-order valence-corrected chi connectivity index (χ0v) is 20.2. The van der Waals surface area contributed by atoms with Crippen molar-refractivity contribution in [3.8, 4) is 0 Å². The number of aryl methyl sites for hydroxylation is 1. The van der Waals surface area contributed by atoms with Gasteiger partial charge in [-0.15, -0.1) is 0 Å². The molecule has 6 heteroatoms. The van der Waals surface area contributed by atoms with Gasteiger partial charge in [-0.25, -0.2) is 0 Å². The van der Waals surface area contributed by atoms with Crippen LogP contribution in [0.2, 0.25) is 5.32 Å². The van der Waals surface area contributed by atoms with Crippen molar-refractivity contribution >= 4 is 40.8 Å². The first-order chi connectivity index (χ1) is 14.1. The number of rotatable bonds is 8. The van der Waals surface area contributed by atoms with Crippen molar-refractivity contribution in [2.45, 2.75) is 43.8 Å². The summed E-state index contributed by atoms with van der Waals surface area (Å²) in [4.78, 5) is 25.3. The molecule has 1 saturated carbocycles. The molecule has 2 aromatic carbocycles. The standard InChI is InChI=1S/C24H28O4SSe/c1-17-9-11-22(12-10-17)29(27,28)15-20-13-24(18(2)25,19(3)26)14-21(20)16-30-23-7-5-4-6-8-23/h4-12,20-21H,13-16H2,1-3H3. The summed E-state index contributed by atoms with van der Waals surface area (Å²) < 4.78 is 27.5. The number of carbonyl (C=O) groups is 2. The van der Waals surface area contributed by atoms with Crippen molar-refractivity contribution in [3.63, 3.8) is 0 Å². The average molecular weight is 492 g/mol. The first kappa shape index (κ1) is 22.9. The van der Waals surface area contributed by atoms with Crippen LogP contribution < -0.4 is 4.46 Å². The summed E-state index contributed by atoms with van der Waals surface area (Å²) in [6, 6.07) is 17.0. The fourth-order valence-corrected chi connectivity index (χ4v) is 8.47. The fourth-order valence-electron chi connectivity index (χ4n) is 4.37. The Labute approximate surface area is 185 Å². The number of ketones is 2. The molecule has 1 aliphatic carbocycles. The Morgan fingerprint density at radius 2 is 1.50 bits per heavy atom. The van der Waals surface area contributed by atoms with Gasteiger partial charge in [0.15, 0.2) is 0 Å². The molecule has 3 rings (SSSR count). The molecule has 2 aromatic rings. The molecule has 0 spiro atoms. The van der Waals surface area contributed by atoms with E-state index in [-0.39, 0.29) is 44.1 Å². The molecule has 1 aliphatic rings. The second-order valence-electron chi connectivity index (χ2n) is 8.34. The number of sulfone groups is 1. The van der Waals surface area contributed by atoms with Crippen LogP contribution in [-0.2, 0) is 19.4 Å². The predicted molar refractivity (Wildman–Crippen MR) is 120 cm³/mol. The van der Waals surface area contributed by atoms with Crippen molar-refractivity contribution in [2.24, 2.45) is 17.3 Å². The third kappa shape index (κ3) is 4.93. The minimum absolute atomic E-state index is 0.0199. The van der Waals surface area contributed by atoms with Gasteiger partial charge in [0.25, 0.3) is 0 Å². The van der Waals surface area contributed by atoms with E-state index in [1.807, 2.05) is 25.1 Å². The van der Waals surface area contributed by atoms with Crippen LogP contribution in [0.4, 0.5) is 0 Å². The minimum atomic E-state index is -3.49. The molecule has 1 fully saturated rings. The molecular formula is C24H28O4SSe. The monoisotopic (exact) mass is 492 g/mol. The van der Waals surface area contributed by atoms with Gasteiger partial charge in [0.2, 0.25) is 0 Å². The summed E-state index contributed by atoms with van der Waals surface area (Å²) in [7, 11) is -3.49. The Balaban J connectivity index is 1.86. The van der Waals surface area contributed by atoms with E-state index >= 15 is 0 Å². The Hall–Kier alpha value is -1.75. The quantitative estimate of drug-likeness (QED) is 0.419. The molecule has 0 aliphatic heterocycles. The third-order valence-corrected chi connectivity index (χ3v) is 10.6. The number of hydrogen-bond acceptors (Lipinski definition) is 4. The van der Waals surface area contributed by atoms with Crippen LogP contribution in [0.1, 0.15) is 32.3 Å². The maximum atomic E-state index is 13.1. The summed E-state index contributed by atoms with van der Waals surface area (Å²) in [5, 5.41) is 0.827. The van der Waals surface area contributed by atoms with E-state index in [1.165, 1.54) is 18.3 Å². The van der Waals surface area contributed by atoms with E-state index in [2.05, 4.69) is 12.1 Å². The average Bonchev–Trinajstić information content (AvgIpc) is 3.07. The van der Waals surface area contributed by atoms with E-state index < -0.39 is 15.3 Å². The van der Waals surface area contributed by atoms with E-state index in [0.717, 1.165) is 10.9 Å². The Bertz CT molecular complexity index is 999. The molecule has 160 valence electrons. The molecule has 0 bridgehead atoms. The van der Waals surface area contributed by atoms with Crippen LogP contribution in [0, 0.1) is 24.2 Å². The molecule has 0 heterocycles. The first-order valence-electron chi connectivity index (χ1n) is 10.1. The number of hydrogen-bond donors (Lipinski definition) is 0. The molecule has 4 nitrogen and oxygen atoms in total. The molecule has 0 amide bonds. The molecule has 0 radical (unpaired) electrons. The van der Waals surface area contributed by atoms with Crippen molar-refractivity contribution in [1.29, 1.82) is 0 Å². The summed E-state index contributed by atoms with van der Waals surface area (Å²) in [5.74, 6) is -0.453. The van der Waals surface area contributed by atoms with Gasteiger partial charge in [-0.05, 0) is 0 Å². The van der Waals surface area contributed by atoms with Crippen molar-refractivity contribution in [3.05, 3.63) is 60.2 Å². The number of carbonyl (C=O) groups excluding carboxylic acids is 2. The topological polar surface area (TPSA) is 68.3 Å². The van der Waals surface area contributed by atoms with Crippen molar-refractivity contribution < 1.29 is 18.0 Å². The number of benzene rings is 2. The molecule has 2 atom stereocenters. The summed E-state index contributed by atoms with van der Waals surface area (Å²) >= 11 is 0.168. The van der Waals surface area contributed by atoms with Gasteiger partial charge in [-0.1, -0.05) is 0 Å². The van der Waals surface area contributed by atoms with Gasteiger partial charge in [0.05, 0.1) is 0 Å². The molecular weight excluding hydrogens is 463 g/mol. The summed E-state index contributed by atoms with van der Waals surface area (Å²) in [6.45, 7) is 4.86.